The molecule has 3 rings (SSSR count). The number of hydrogen-bond acceptors (Lipinski definition) is 4. The average molecular weight is 270 g/mol. The van der Waals surface area contributed by atoms with Gasteiger partial charge in [-0.25, -0.2) is 4.79 Å². The zero-order chi connectivity index (χ0) is 14.5. The molecule has 0 amide bonds. The lowest BCUT2D eigenvalue weighted by molar-refractivity contribution is 0.449. The number of aromatic hydroxyl groups is 1. The second kappa shape index (κ2) is 4.00. The fourth-order valence-corrected chi connectivity index (χ4v) is 2.52. The van der Waals surface area contributed by atoms with E-state index in [9.17, 15) is 9.90 Å². The zero-order valence-corrected chi connectivity index (χ0v) is 11.3. The summed E-state index contributed by atoms with van der Waals surface area (Å²) in [4.78, 5) is 11.4. The molecular formula is C16H14O4. The van der Waals surface area contributed by atoms with Crippen LogP contribution in [0.3, 0.4) is 0 Å². The Balaban J connectivity index is 2.64. The Morgan fingerprint density at radius 2 is 1.90 bits per heavy atom. The lowest BCUT2D eigenvalue weighted by Crippen LogP contribution is -2.14. The van der Waals surface area contributed by atoms with Gasteiger partial charge in [0.2, 0.25) is 5.75 Å². The maximum Gasteiger partial charge on any atom is 0.336 e. The molecule has 0 saturated heterocycles. The molecule has 0 saturated carbocycles. The molecule has 0 aliphatic rings. The molecule has 0 fully saturated rings. The molecule has 1 N–H and O–H groups in total. The van der Waals surface area contributed by atoms with Gasteiger partial charge >= 0.3 is 5.63 Å². The standard InChI is InChI=1S/C16H14O4/c1-4-16(2,3)12-9-5-6-11(17)20-15(9)13(18)14-10(12)7-8-19-14/h4-8,18H,1H2,2-3H3. The second-order valence-electron chi connectivity index (χ2n) is 5.31. The molecule has 0 bridgehead atoms. The predicted molar refractivity (Wildman–Crippen MR) is 77.1 cm³/mol. The van der Waals surface area contributed by atoms with Gasteiger partial charge in [0.15, 0.2) is 11.2 Å². The number of rotatable bonds is 2. The largest absolute Gasteiger partial charge is 0.502 e. The monoisotopic (exact) mass is 270 g/mol. The lowest BCUT2D eigenvalue weighted by atomic mass is 9.80. The molecule has 0 spiro atoms. The van der Waals surface area contributed by atoms with Crippen molar-refractivity contribution >= 4 is 21.9 Å². The number of hydrogen-bond donors (Lipinski definition) is 1. The van der Waals surface area contributed by atoms with E-state index in [0.717, 1.165) is 10.9 Å². The van der Waals surface area contributed by atoms with Crippen LogP contribution in [-0.4, -0.2) is 5.11 Å². The second-order valence-corrected chi connectivity index (χ2v) is 5.31. The van der Waals surface area contributed by atoms with E-state index in [1.807, 2.05) is 19.9 Å². The van der Waals surface area contributed by atoms with E-state index >= 15 is 0 Å². The summed E-state index contributed by atoms with van der Waals surface area (Å²) in [5, 5.41) is 11.7. The molecule has 0 atom stereocenters. The Bertz CT molecular complexity index is 881. The summed E-state index contributed by atoms with van der Waals surface area (Å²) in [6.45, 7) is 7.87. The van der Waals surface area contributed by atoms with Crippen LogP contribution in [0.25, 0.3) is 21.9 Å². The van der Waals surface area contributed by atoms with Crippen molar-refractivity contribution < 1.29 is 13.9 Å². The van der Waals surface area contributed by atoms with Crippen LogP contribution in [0, 0.1) is 0 Å². The van der Waals surface area contributed by atoms with Crippen LogP contribution in [0.4, 0.5) is 0 Å². The maximum absolute atomic E-state index is 11.4. The summed E-state index contributed by atoms with van der Waals surface area (Å²) in [6.07, 6.45) is 3.32. The number of allylic oxidation sites excluding steroid dienone is 1. The highest BCUT2D eigenvalue weighted by Gasteiger charge is 2.26. The van der Waals surface area contributed by atoms with Crippen molar-refractivity contribution in [1.82, 2.24) is 0 Å². The predicted octanol–water partition coefficient (Wildman–Crippen LogP) is 3.71. The Morgan fingerprint density at radius 3 is 2.60 bits per heavy atom. The summed E-state index contributed by atoms with van der Waals surface area (Å²) in [5.74, 6) is -0.152. The molecule has 0 radical (unpaired) electrons. The number of benzene rings is 1. The van der Waals surface area contributed by atoms with Gasteiger partial charge < -0.3 is 13.9 Å². The van der Waals surface area contributed by atoms with Crippen molar-refractivity contribution in [2.45, 2.75) is 19.3 Å². The van der Waals surface area contributed by atoms with Gasteiger partial charge in [0.1, 0.15) is 0 Å². The highest BCUT2D eigenvalue weighted by atomic mass is 16.4. The van der Waals surface area contributed by atoms with E-state index < -0.39 is 5.63 Å². The number of phenols is 1. The van der Waals surface area contributed by atoms with E-state index in [0.29, 0.717) is 11.0 Å². The summed E-state index contributed by atoms with van der Waals surface area (Å²) >= 11 is 0. The van der Waals surface area contributed by atoms with Crippen molar-refractivity contribution in [3.63, 3.8) is 0 Å². The third-order valence-electron chi connectivity index (χ3n) is 3.62. The lowest BCUT2D eigenvalue weighted by Gasteiger charge is -2.23. The van der Waals surface area contributed by atoms with E-state index in [2.05, 4.69) is 6.58 Å². The minimum absolute atomic E-state index is 0.143. The molecule has 2 aromatic heterocycles. The van der Waals surface area contributed by atoms with Crippen molar-refractivity contribution in [3.05, 3.63) is 53.1 Å². The first-order chi connectivity index (χ1) is 9.45. The number of furan rings is 1. The van der Waals surface area contributed by atoms with E-state index in [-0.39, 0.29) is 16.7 Å². The van der Waals surface area contributed by atoms with Gasteiger partial charge in [0.25, 0.3) is 0 Å². The highest BCUT2D eigenvalue weighted by molar-refractivity contribution is 6.04. The van der Waals surface area contributed by atoms with Gasteiger partial charge in [-0.15, -0.1) is 6.58 Å². The molecule has 4 nitrogen and oxygen atoms in total. The van der Waals surface area contributed by atoms with Gasteiger partial charge in [0.05, 0.1) is 6.26 Å². The molecular weight excluding hydrogens is 256 g/mol. The third kappa shape index (κ3) is 1.58. The Morgan fingerprint density at radius 1 is 1.20 bits per heavy atom. The van der Waals surface area contributed by atoms with Crippen molar-refractivity contribution in [2.24, 2.45) is 0 Å². The topological polar surface area (TPSA) is 63.6 Å². The summed E-state index contributed by atoms with van der Waals surface area (Å²) in [7, 11) is 0. The van der Waals surface area contributed by atoms with Gasteiger partial charge in [-0.3, -0.25) is 0 Å². The van der Waals surface area contributed by atoms with Crippen LogP contribution in [0.1, 0.15) is 19.4 Å². The number of phenolic OH excluding ortho intramolecular Hbond substituents is 1. The van der Waals surface area contributed by atoms with E-state index in [1.165, 1.54) is 12.3 Å². The summed E-state index contributed by atoms with van der Waals surface area (Å²) in [5.41, 5.74) is 0.490. The average Bonchev–Trinajstić information content (AvgIpc) is 2.89. The molecule has 0 aliphatic heterocycles. The van der Waals surface area contributed by atoms with Crippen molar-refractivity contribution in [2.75, 3.05) is 0 Å². The molecule has 0 unspecified atom stereocenters. The Hall–Kier alpha value is -2.49. The quantitative estimate of drug-likeness (QED) is 0.569. The first-order valence-electron chi connectivity index (χ1n) is 6.26. The molecule has 1 aromatic carbocycles. The highest BCUT2D eigenvalue weighted by Crippen LogP contribution is 2.42. The van der Waals surface area contributed by atoms with Gasteiger partial charge in [-0.2, -0.15) is 0 Å². The maximum atomic E-state index is 11.4. The minimum atomic E-state index is -0.513. The molecule has 3 aromatic rings. The van der Waals surface area contributed by atoms with Crippen LogP contribution >= 0.6 is 0 Å². The molecule has 102 valence electrons. The van der Waals surface area contributed by atoms with Crippen LogP contribution < -0.4 is 5.63 Å². The van der Waals surface area contributed by atoms with Gasteiger partial charge in [-0.05, 0) is 17.7 Å². The van der Waals surface area contributed by atoms with E-state index in [4.69, 9.17) is 8.83 Å². The van der Waals surface area contributed by atoms with Gasteiger partial charge in [-0.1, -0.05) is 19.9 Å². The normalized spacial score (nSPS) is 12.1. The Labute approximate surface area is 114 Å². The Kier molecular flexibility index (Phi) is 2.51. The van der Waals surface area contributed by atoms with Crippen molar-refractivity contribution in [3.8, 4) is 5.75 Å². The fourth-order valence-electron chi connectivity index (χ4n) is 2.52. The zero-order valence-electron chi connectivity index (χ0n) is 11.3. The van der Waals surface area contributed by atoms with E-state index in [1.54, 1.807) is 12.1 Å². The van der Waals surface area contributed by atoms with Gasteiger partial charge in [0, 0.05) is 22.3 Å². The SMILES string of the molecule is C=CC(C)(C)c1c2ccoc2c(O)c2oc(=O)ccc12. The smallest absolute Gasteiger partial charge is 0.336 e. The van der Waals surface area contributed by atoms with Crippen LogP contribution in [0.15, 0.2) is 50.7 Å². The van der Waals surface area contributed by atoms with Crippen LogP contribution in [-0.2, 0) is 5.41 Å². The van der Waals surface area contributed by atoms with Crippen LogP contribution in [0.5, 0.6) is 5.75 Å². The van der Waals surface area contributed by atoms with Crippen LogP contribution in [0.2, 0.25) is 0 Å². The first-order valence-corrected chi connectivity index (χ1v) is 6.26. The molecule has 2 heterocycles. The molecule has 0 aliphatic carbocycles. The third-order valence-corrected chi connectivity index (χ3v) is 3.62. The first kappa shape index (κ1) is 12.5. The summed E-state index contributed by atoms with van der Waals surface area (Å²) in [6, 6.07) is 4.80. The molecule has 20 heavy (non-hydrogen) atoms. The van der Waals surface area contributed by atoms with Crippen molar-refractivity contribution in [1.29, 1.82) is 0 Å². The summed E-state index contributed by atoms with van der Waals surface area (Å²) < 4.78 is 10.5. The number of fused-ring (bicyclic) bond motifs is 2. The fraction of sp³-hybridized carbons (Fsp3) is 0.188. The molecule has 4 heteroatoms. The minimum Gasteiger partial charge on any atom is -0.502 e.